The zero-order valence-corrected chi connectivity index (χ0v) is 18.9. The summed E-state index contributed by atoms with van der Waals surface area (Å²) in [4.78, 5) is 13.3. The normalized spacial score (nSPS) is 23.6. The average molecular weight is 487 g/mol. The van der Waals surface area contributed by atoms with E-state index in [2.05, 4.69) is 10.6 Å². The quantitative estimate of drug-likeness (QED) is 0.542. The van der Waals surface area contributed by atoms with Crippen LogP contribution in [0.3, 0.4) is 0 Å². The Labute approximate surface area is 194 Å². The third-order valence-corrected chi connectivity index (χ3v) is 7.22. The molecule has 172 valence electrons. The zero-order chi connectivity index (χ0) is 23.1. The number of rotatable bonds is 5. The molecule has 1 amide bonds. The van der Waals surface area contributed by atoms with Crippen LogP contribution in [0, 0.1) is 5.92 Å². The summed E-state index contributed by atoms with van der Waals surface area (Å²) < 4.78 is 45.4. The number of halogens is 5. The van der Waals surface area contributed by atoms with Crippen LogP contribution < -0.4 is 15.4 Å². The summed E-state index contributed by atoms with van der Waals surface area (Å²) in [6, 6.07) is 8.66. The minimum Gasteiger partial charge on any atom is -0.497 e. The number of amides is 1. The lowest BCUT2D eigenvalue weighted by Gasteiger charge is -2.41. The average Bonchev–Trinajstić information content (AvgIpc) is 3.05. The topological polar surface area (TPSA) is 50.4 Å². The Morgan fingerprint density at radius 2 is 2.06 bits per heavy atom. The number of ether oxygens (including phenoxy) is 1. The molecule has 1 aliphatic carbocycles. The van der Waals surface area contributed by atoms with Gasteiger partial charge < -0.3 is 15.4 Å². The van der Waals surface area contributed by atoms with Crippen molar-refractivity contribution >= 4 is 29.1 Å². The van der Waals surface area contributed by atoms with Gasteiger partial charge in [0.05, 0.1) is 34.3 Å². The van der Waals surface area contributed by atoms with Crippen molar-refractivity contribution in [3.05, 3.63) is 63.1 Å². The Hall–Kier alpha value is -1.96. The Bertz CT molecular complexity index is 1030. The molecule has 4 nitrogen and oxygen atoms in total. The van der Waals surface area contributed by atoms with Gasteiger partial charge >= 0.3 is 6.18 Å². The maximum atomic E-state index is 13.4. The number of alkyl halides is 3. The molecule has 9 heteroatoms. The molecule has 2 aromatic rings. The van der Waals surface area contributed by atoms with Crippen LogP contribution in [-0.2, 0) is 6.18 Å². The van der Waals surface area contributed by atoms with Crippen molar-refractivity contribution in [1.82, 2.24) is 10.6 Å². The Morgan fingerprint density at radius 1 is 1.28 bits per heavy atom. The fourth-order valence-electron chi connectivity index (χ4n) is 5.02. The molecular weight excluding hydrogens is 464 g/mol. The van der Waals surface area contributed by atoms with E-state index in [0.717, 1.165) is 49.9 Å². The van der Waals surface area contributed by atoms with Gasteiger partial charge in [0, 0.05) is 5.54 Å². The number of carbonyl (C=O) groups excluding carboxylic acids is 1. The van der Waals surface area contributed by atoms with Crippen LogP contribution in [0.1, 0.15) is 53.2 Å². The van der Waals surface area contributed by atoms with Gasteiger partial charge in [-0.3, -0.25) is 4.79 Å². The first kappa shape index (κ1) is 23.2. The number of hydrogen-bond acceptors (Lipinski definition) is 3. The van der Waals surface area contributed by atoms with Gasteiger partial charge in [-0.25, -0.2) is 0 Å². The first-order valence-electron chi connectivity index (χ1n) is 10.4. The van der Waals surface area contributed by atoms with Gasteiger partial charge in [-0.2, -0.15) is 13.2 Å². The fraction of sp³-hybridized carbons (Fsp3) is 0.435. The van der Waals surface area contributed by atoms with Crippen LogP contribution in [0.4, 0.5) is 13.2 Å². The molecule has 1 aliphatic heterocycles. The van der Waals surface area contributed by atoms with E-state index in [0.29, 0.717) is 11.7 Å². The van der Waals surface area contributed by atoms with E-state index >= 15 is 0 Å². The molecule has 0 aromatic heterocycles. The van der Waals surface area contributed by atoms with Gasteiger partial charge in [0.2, 0.25) is 0 Å². The summed E-state index contributed by atoms with van der Waals surface area (Å²) in [6.45, 7) is 0.835. The zero-order valence-electron chi connectivity index (χ0n) is 17.4. The molecule has 1 heterocycles. The molecule has 1 saturated heterocycles. The maximum absolute atomic E-state index is 13.4. The Balaban J connectivity index is 1.75. The second kappa shape index (κ2) is 8.76. The minimum absolute atomic E-state index is 0.136. The SMILES string of the molecule is COc1cccc(C(NC(=O)c2c(Cl)ccc(C(F)(F)F)c2Cl)C23CCCC(CN2)C3)c1. The van der Waals surface area contributed by atoms with Crippen molar-refractivity contribution in [2.45, 2.75) is 43.4 Å². The molecule has 2 aromatic carbocycles. The fourth-order valence-corrected chi connectivity index (χ4v) is 5.67. The van der Waals surface area contributed by atoms with Gasteiger partial charge in [-0.05, 0) is 61.6 Å². The maximum Gasteiger partial charge on any atom is 0.417 e. The van der Waals surface area contributed by atoms with E-state index in [9.17, 15) is 18.0 Å². The highest BCUT2D eigenvalue weighted by Gasteiger charge is 2.48. The van der Waals surface area contributed by atoms with Crippen molar-refractivity contribution in [2.24, 2.45) is 5.92 Å². The Morgan fingerprint density at radius 3 is 2.78 bits per heavy atom. The van der Waals surface area contributed by atoms with Gasteiger partial charge in [0.1, 0.15) is 5.75 Å². The lowest BCUT2D eigenvalue weighted by molar-refractivity contribution is -0.137. The van der Waals surface area contributed by atoms with Crippen molar-refractivity contribution in [3.8, 4) is 5.75 Å². The first-order chi connectivity index (χ1) is 15.1. The van der Waals surface area contributed by atoms with E-state index in [1.165, 1.54) is 0 Å². The van der Waals surface area contributed by atoms with Gasteiger partial charge in [-0.15, -0.1) is 0 Å². The molecule has 1 saturated carbocycles. The summed E-state index contributed by atoms with van der Waals surface area (Å²) in [5.74, 6) is 0.372. The molecule has 0 radical (unpaired) electrons. The van der Waals surface area contributed by atoms with Gasteiger partial charge in [0.15, 0.2) is 0 Å². The summed E-state index contributed by atoms with van der Waals surface area (Å²) in [5, 5.41) is 5.71. The molecular formula is C23H23Cl2F3N2O2. The third kappa shape index (κ3) is 4.30. The van der Waals surface area contributed by atoms with Crippen LogP contribution in [0.15, 0.2) is 36.4 Å². The Kier molecular flexibility index (Phi) is 6.36. The molecule has 2 N–H and O–H groups in total. The lowest BCUT2D eigenvalue weighted by atomic mass is 9.73. The second-order valence-electron chi connectivity index (χ2n) is 8.46. The predicted molar refractivity (Wildman–Crippen MR) is 117 cm³/mol. The van der Waals surface area contributed by atoms with Crippen LogP contribution in [0.2, 0.25) is 10.0 Å². The highest BCUT2D eigenvalue weighted by Crippen LogP contribution is 2.46. The van der Waals surface area contributed by atoms with Crippen molar-refractivity contribution in [1.29, 1.82) is 0 Å². The van der Waals surface area contributed by atoms with Crippen LogP contribution >= 0.6 is 23.2 Å². The summed E-state index contributed by atoms with van der Waals surface area (Å²) in [7, 11) is 1.55. The number of methoxy groups -OCH3 is 1. The minimum atomic E-state index is -4.70. The van der Waals surface area contributed by atoms with E-state index in [1.54, 1.807) is 13.2 Å². The number of benzene rings is 2. The number of fused-ring (bicyclic) bond motifs is 2. The highest BCUT2D eigenvalue weighted by molar-refractivity contribution is 6.40. The highest BCUT2D eigenvalue weighted by atomic mass is 35.5. The molecule has 3 unspecified atom stereocenters. The molecule has 4 rings (SSSR count). The van der Waals surface area contributed by atoms with Crippen molar-refractivity contribution in [3.63, 3.8) is 0 Å². The predicted octanol–water partition coefficient (Wildman–Crippen LogP) is 6.02. The monoisotopic (exact) mass is 486 g/mol. The van der Waals surface area contributed by atoms with E-state index in [4.69, 9.17) is 27.9 Å². The second-order valence-corrected chi connectivity index (χ2v) is 9.25. The summed E-state index contributed by atoms with van der Waals surface area (Å²) in [5.41, 5.74) is -1.09. The van der Waals surface area contributed by atoms with E-state index in [1.807, 2.05) is 18.2 Å². The van der Waals surface area contributed by atoms with E-state index < -0.39 is 34.3 Å². The summed E-state index contributed by atoms with van der Waals surface area (Å²) >= 11 is 12.2. The number of nitrogens with one attached hydrogen (secondary N) is 2. The standard InChI is InChI=1S/C23H23Cl2F3N2O2/c1-32-15-6-2-5-14(10-15)20(22-9-3-4-13(11-22)12-29-22)30-21(31)18-17(24)8-7-16(19(18)25)23(26,27)28/h2,5-8,10,13,20,29H,3-4,9,11-12H2,1H3,(H,30,31). The number of hydrogen-bond donors (Lipinski definition) is 2. The number of carbonyl (C=O) groups is 1. The first-order valence-corrected chi connectivity index (χ1v) is 11.2. The molecule has 2 bridgehead atoms. The van der Waals surface area contributed by atoms with Crippen LogP contribution in [0.25, 0.3) is 0 Å². The molecule has 2 aliphatic rings. The third-order valence-electron chi connectivity index (χ3n) is 6.51. The smallest absolute Gasteiger partial charge is 0.417 e. The van der Waals surface area contributed by atoms with Gasteiger partial charge in [-0.1, -0.05) is 41.8 Å². The molecule has 2 fully saturated rings. The van der Waals surface area contributed by atoms with Crippen LogP contribution in [-0.4, -0.2) is 25.1 Å². The van der Waals surface area contributed by atoms with Gasteiger partial charge in [0.25, 0.3) is 5.91 Å². The summed E-state index contributed by atoms with van der Waals surface area (Å²) in [6.07, 6.45) is -0.905. The van der Waals surface area contributed by atoms with Crippen molar-refractivity contribution in [2.75, 3.05) is 13.7 Å². The van der Waals surface area contributed by atoms with E-state index in [-0.39, 0.29) is 10.6 Å². The van der Waals surface area contributed by atoms with Crippen LogP contribution in [0.5, 0.6) is 5.75 Å². The molecule has 32 heavy (non-hydrogen) atoms. The largest absolute Gasteiger partial charge is 0.497 e. The molecule has 3 atom stereocenters. The molecule has 0 spiro atoms. The lowest BCUT2D eigenvalue weighted by Crippen LogP contribution is -2.52. The van der Waals surface area contributed by atoms with Crippen molar-refractivity contribution < 1.29 is 22.7 Å².